The number of hydrogen-bond donors (Lipinski definition) is 2. The van der Waals surface area contributed by atoms with Crippen molar-refractivity contribution in [3.63, 3.8) is 0 Å². The summed E-state index contributed by atoms with van der Waals surface area (Å²) in [5.74, 6) is -0.928. The molecule has 1 unspecified atom stereocenters. The molecule has 5 rings (SSSR count). The SMILES string of the molecule is C[C@H]([C@@H](C)O)n1cc(N2CCCC(c3nc4c5cc(F)cc(F)c5nc(N)n4n3)C2)cn1. The van der Waals surface area contributed by atoms with Crippen molar-refractivity contribution < 1.29 is 13.9 Å². The molecule has 1 fully saturated rings. The molecule has 11 heteroatoms. The van der Waals surface area contributed by atoms with Crippen molar-refractivity contribution in [3.05, 3.63) is 42.0 Å². The van der Waals surface area contributed by atoms with Crippen LogP contribution in [-0.4, -0.2) is 53.7 Å². The summed E-state index contributed by atoms with van der Waals surface area (Å²) < 4.78 is 31.2. The summed E-state index contributed by atoms with van der Waals surface area (Å²) in [6.07, 6.45) is 5.01. The lowest BCUT2D eigenvalue weighted by Gasteiger charge is -2.32. The smallest absolute Gasteiger partial charge is 0.223 e. The molecule has 1 aromatic carbocycles. The molecule has 0 amide bonds. The van der Waals surface area contributed by atoms with Crippen LogP contribution in [0.5, 0.6) is 0 Å². The summed E-state index contributed by atoms with van der Waals surface area (Å²) in [5, 5.41) is 19.0. The number of benzene rings is 1. The molecular formula is C21H24F2N8O. The zero-order chi connectivity index (χ0) is 22.6. The van der Waals surface area contributed by atoms with Crippen LogP contribution in [0.1, 0.15) is 44.5 Å². The highest BCUT2D eigenvalue weighted by Gasteiger charge is 2.27. The molecule has 4 heterocycles. The first-order valence-electron chi connectivity index (χ1n) is 10.6. The summed E-state index contributed by atoms with van der Waals surface area (Å²) >= 11 is 0. The zero-order valence-corrected chi connectivity index (χ0v) is 17.8. The zero-order valence-electron chi connectivity index (χ0n) is 17.8. The highest BCUT2D eigenvalue weighted by molar-refractivity contribution is 5.92. The minimum atomic E-state index is -0.786. The Morgan fingerprint density at radius 1 is 1.22 bits per heavy atom. The third-order valence-corrected chi connectivity index (χ3v) is 6.19. The van der Waals surface area contributed by atoms with Crippen molar-refractivity contribution in [3.8, 4) is 0 Å². The van der Waals surface area contributed by atoms with E-state index in [1.807, 2.05) is 13.1 Å². The number of aliphatic hydroxyl groups is 1. The number of aromatic nitrogens is 6. The fourth-order valence-corrected chi connectivity index (χ4v) is 4.20. The number of anilines is 2. The second-order valence-corrected chi connectivity index (χ2v) is 8.40. The number of halogens is 2. The Balaban J connectivity index is 1.48. The topological polar surface area (TPSA) is 110 Å². The van der Waals surface area contributed by atoms with E-state index in [9.17, 15) is 13.9 Å². The predicted octanol–water partition coefficient (Wildman–Crippen LogP) is 2.66. The van der Waals surface area contributed by atoms with Gasteiger partial charge in [0.15, 0.2) is 17.3 Å². The normalized spacial score (nSPS) is 19.0. The van der Waals surface area contributed by atoms with Crippen molar-refractivity contribution in [2.24, 2.45) is 0 Å². The minimum Gasteiger partial charge on any atom is -0.391 e. The van der Waals surface area contributed by atoms with Crippen LogP contribution in [0.4, 0.5) is 20.4 Å². The number of nitrogens with zero attached hydrogens (tertiary/aromatic N) is 7. The van der Waals surface area contributed by atoms with Gasteiger partial charge in [-0.05, 0) is 32.8 Å². The molecular weight excluding hydrogens is 418 g/mol. The molecule has 4 aromatic rings. The van der Waals surface area contributed by atoms with Crippen LogP contribution in [0, 0.1) is 11.6 Å². The quantitative estimate of drug-likeness (QED) is 0.500. The fraction of sp³-hybridized carbons (Fsp3) is 0.429. The van der Waals surface area contributed by atoms with Gasteiger partial charge in [-0.15, -0.1) is 5.10 Å². The molecule has 3 atom stereocenters. The van der Waals surface area contributed by atoms with E-state index in [1.165, 1.54) is 10.6 Å². The molecule has 0 radical (unpaired) electrons. The number of piperidine rings is 1. The maximum absolute atomic E-state index is 14.2. The van der Waals surface area contributed by atoms with Gasteiger partial charge in [-0.25, -0.2) is 18.7 Å². The van der Waals surface area contributed by atoms with E-state index in [4.69, 9.17) is 5.73 Å². The minimum absolute atomic E-state index is 0.00203. The van der Waals surface area contributed by atoms with Crippen LogP contribution in [-0.2, 0) is 0 Å². The van der Waals surface area contributed by atoms with Crippen molar-refractivity contribution in [2.45, 2.75) is 44.8 Å². The fourth-order valence-electron chi connectivity index (χ4n) is 4.20. The van der Waals surface area contributed by atoms with E-state index in [0.717, 1.165) is 31.1 Å². The average molecular weight is 442 g/mol. The van der Waals surface area contributed by atoms with Crippen molar-refractivity contribution in [1.29, 1.82) is 0 Å². The molecule has 0 aliphatic carbocycles. The van der Waals surface area contributed by atoms with Crippen LogP contribution in [0.3, 0.4) is 0 Å². The Labute approximate surface area is 182 Å². The second kappa shape index (κ2) is 7.66. The number of aliphatic hydroxyl groups excluding tert-OH is 1. The first-order valence-corrected chi connectivity index (χ1v) is 10.6. The number of fused-ring (bicyclic) bond motifs is 3. The van der Waals surface area contributed by atoms with Crippen LogP contribution < -0.4 is 10.6 Å². The lowest BCUT2D eigenvalue weighted by atomic mass is 9.97. The van der Waals surface area contributed by atoms with Gasteiger partial charge in [0.2, 0.25) is 5.95 Å². The Kier molecular flexibility index (Phi) is 4.92. The van der Waals surface area contributed by atoms with E-state index in [-0.39, 0.29) is 34.5 Å². The van der Waals surface area contributed by atoms with Gasteiger partial charge in [0.1, 0.15) is 11.3 Å². The van der Waals surface area contributed by atoms with Gasteiger partial charge in [-0.3, -0.25) is 4.68 Å². The summed E-state index contributed by atoms with van der Waals surface area (Å²) in [5.41, 5.74) is 7.21. The second-order valence-electron chi connectivity index (χ2n) is 8.40. The van der Waals surface area contributed by atoms with Crippen LogP contribution >= 0.6 is 0 Å². The summed E-state index contributed by atoms with van der Waals surface area (Å²) in [4.78, 5) is 10.9. The Bertz CT molecular complexity index is 1300. The lowest BCUT2D eigenvalue weighted by Crippen LogP contribution is -2.34. The van der Waals surface area contributed by atoms with Crippen LogP contribution in [0.25, 0.3) is 16.6 Å². The highest BCUT2D eigenvalue weighted by atomic mass is 19.1. The van der Waals surface area contributed by atoms with E-state index in [0.29, 0.717) is 12.4 Å². The molecule has 9 nitrogen and oxygen atoms in total. The van der Waals surface area contributed by atoms with Gasteiger partial charge in [0.25, 0.3) is 0 Å². The van der Waals surface area contributed by atoms with Crippen LogP contribution in [0.2, 0.25) is 0 Å². The largest absolute Gasteiger partial charge is 0.391 e. The Hall–Kier alpha value is -3.34. The first-order chi connectivity index (χ1) is 15.3. The molecule has 1 saturated heterocycles. The summed E-state index contributed by atoms with van der Waals surface area (Å²) in [6.45, 7) is 5.18. The van der Waals surface area contributed by atoms with E-state index >= 15 is 0 Å². The van der Waals surface area contributed by atoms with Gasteiger partial charge in [-0.2, -0.15) is 9.61 Å². The average Bonchev–Trinajstić information content (AvgIpc) is 3.43. The highest BCUT2D eigenvalue weighted by Crippen LogP contribution is 2.31. The molecule has 0 saturated carbocycles. The van der Waals surface area contributed by atoms with Gasteiger partial charge in [0.05, 0.1) is 29.4 Å². The number of nitrogen functional groups attached to an aromatic ring is 1. The molecule has 0 spiro atoms. The number of rotatable bonds is 4. The Morgan fingerprint density at radius 2 is 2.03 bits per heavy atom. The van der Waals surface area contributed by atoms with Crippen molar-refractivity contribution in [2.75, 3.05) is 23.7 Å². The number of hydrogen-bond acceptors (Lipinski definition) is 7. The molecule has 3 N–H and O–H groups in total. The molecule has 3 aromatic heterocycles. The summed E-state index contributed by atoms with van der Waals surface area (Å²) in [7, 11) is 0. The molecule has 168 valence electrons. The van der Waals surface area contributed by atoms with Crippen molar-refractivity contribution in [1.82, 2.24) is 29.4 Å². The molecule has 32 heavy (non-hydrogen) atoms. The third kappa shape index (κ3) is 3.42. The first kappa shape index (κ1) is 20.6. The molecule has 1 aliphatic rings. The lowest BCUT2D eigenvalue weighted by molar-refractivity contribution is 0.132. The van der Waals surface area contributed by atoms with Gasteiger partial charge >= 0.3 is 0 Å². The standard InChI is InChI=1S/C21H24F2N8O/c1-11(12(2)32)30-10-15(8-25-30)29-5-3-4-13(9-29)19-27-20-16-6-14(22)7-17(23)18(16)26-21(24)31(20)28-19/h6-8,10-13,32H,3-5,9H2,1-2H3,(H2,24,26)/t11-,12-,13?/m1/s1. The molecule has 0 bridgehead atoms. The predicted molar refractivity (Wildman–Crippen MR) is 115 cm³/mol. The Morgan fingerprint density at radius 3 is 2.81 bits per heavy atom. The van der Waals surface area contributed by atoms with E-state index in [1.54, 1.807) is 17.8 Å². The van der Waals surface area contributed by atoms with E-state index in [2.05, 4.69) is 25.1 Å². The number of nitrogens with two attached hydrogens (primary N) is 1. The van der Waals surface area contributed by atoms with Gasteiger partial charge < -0.3 is 15.7 Å². The van der Waals surface area contributed by atoms with Gasteiger partial charge in [0, 0.05) is 31.3 Å². The maximum atomic E-state index is 14.2. The maximum Gasteiger partial charge on any atom is 0.223 e. The summed E-state index contributed by atoms with van der Waals surface area (Å²) in [6, 6.07) is 1.85. The molecule has 1 aliphatic heterocycles. The van der Waals surface area contributed by atoms with Crippen molar-refractivity contribution >= 4 is 28.2 Å². The third-order valence-electron chi connectivity index (χ3n) is 6.19. The van der Waals surface area contributed by atoms with Crippen LogP contribution in [0.15, 0.2) is 24.5 Å². The van der Waals surface area contributed by atoms with Gasteiger partial charge in [-0.1, -0.05) is 0 Å². The monoisotopic (exact) mass is 442 g/mol. The van der Waals surface area contributed by atoms with E-state index < -0.39 is 17.7 Å².